The number of rotatable bonds is 0. The minimum Gasteiger partial charge on any atom is -0.345 e. The molecule has 13 heavy (non-hydrogen) atoms. The number of carbonyl (C=O) groups excluding carboxylic acids is 2. The molecule has 0 aromatic heterocycles. The van der Waals surface area contributed by atoms with Crippen molar-refractivity contribution < 1.29 is 9.59 Å². The summed E-state index contributed by atoms with van der Waals surface area (Å²) in [7, 11) is 1.61. The Morgan fingerprint density at radius 3 is 1.92 bits per heavy atom. The molecule has 1 aliphatic heterocycles. The van der Waals surface area contributed by atoms with E-state index in [0.717, 1.165) is 0 Å². The molecule has 0 aromatic rings. The van der Waals surface area contributed by atoms with E-state index in [2.05, 4.69) is 5.32 Å². The molecule has 4 heteroatoms. The van der Waals surface area contributed by atoms with Crippen LogP contribution in [0.5, 0.6) is 0 Å². The molecule has 1 N–H and O–H groups in total. The summed E-state index contributed by atoms with van der Waals surface area (Å²) in [6.45, 7) is 8.34. The minimum atomic E-state index is -0.0860. The van der Waals surface area contributed by atoms with Crippen LogP contribution in [0.2, 0.25) is 0 Å². The SMILES string of the molecule is CC.CC.CN1CC(=O)NCC1=O. The highest BCUT2D eigenvalue weighted by Crippen LogP contribution is 1.88. The second-order valence-corrected chi connectivity index (χ2v) is 2.03. The molecule has 1 saturated heterocycles. The smallest absolute Gasteiger partial charge is 0.242 e. The quantitative estimate of drug-likeness (QED) is 0.606. The van der Waals surface area contributed by atoms with E-state index in [1.807, 2.05) is 27.7 Å². The Labute approximate surface area is 80.3 Å². The maximum absolute atomic E-state index is 10.7. The van der Waals surface area contributed by atoms with Crippen LogP contribution in [-0.2, 0) is 9.59 Å². The maximum Gasteiger partial charge on any atom is 0.242 e. The van der Waals surface area contributed by atoms with Crippen molar-refractivity contribution >= 4 is 11.8 Å². The van der Waals surface area contributed by atoms with E-state index in [1.165, 1.54) is 4.90 Å². The fourth-order valence-corrected chi connectivity index (χ4v) is 0.669. The summed E-state index contributed by atoms with van der Waals surface area (Å²) >= 11 is 0. The van der Waals surface area contributed by atoms with Gasteiger partial charge in [0.15, 0.2) is 0 Å². The van der Waals surface area contributed by atoms with Gasteiger partial charge in [0.1, 0.15) is 0 Å². The number of carbonyl (C=O) groups is 2. The highest BCUT2D eigenvalue weighted by Gasteiger charge is 2.18. The molecule has 0 bridgehead atoms. The Hall–Kier alpha value is -1.06. The van der Waals surface area contributed by atoms with Gasteiger partial charge in [0.2, 0.25) is 11.8 Å². The van der Waals surface area contributed by atoms with Crippen LogP contribution in [0, 0.1) is 0 Å². The summed E-state index contributed by atoms with van der Waals surface area (Å²) in [5.41, 5.74) is 0. The molecule has 0 spiro atoms. The van der Waals surface area contributed by atoms with Gasteiger partial charge in [-0.3, -0.25) is 9.59 Å². The van der Waals surface area contributed by atoms with Crippen molar-refractivity contribution in [3.05, 3.63) is 0 Å². The molecule has 0 aromatic carbocycles. The summed E-state index contributed by atoms with van der Waals surface area (Å²) in [5, 5.41) is 2.43. The fraction of sp³-hybridized carbons (Fsp3) is 0.778. The standard InChI is InChI=1S/C5H8N2O2.2C2H6/c1-7-3-4(8)6-2-5(7)9;2*1-2/h2-3H2,1H3,(H,6,8);2*1-2H3. The van der Waals surface area contributed by atoms with Crippen LogP contribution in [0.15, 0.2) is 0 Å². The van der Waals surface area contributed by atoms with Gasteiger partial charge in [-0.15, -0.1) is 0 Å². The first kappa shape index (κ1) is 14.5. The number of hydrogen-bond donors (Lipinski definition) is 1. The number of likely N-dealkylation sites (N-methyl/N-ethyl adjacent to an activating group) is 1. The molecule has 0 atom stereocenters. The molecule has 1 fully saturated rings. The van der Waals surface area contributed by atoms with Crippen molar-refractivity contribution in [2.75, 3.05) is 20.1 Å². The van der Waals surface area contributed by atoms with Crippen molar-refractivity contribution in [2.24, 2.45) is 0 Å². The van der Waals surface area contributed by atoms with E-state index >= 15 is 0 Å². The van der Waals surface area contributed by atoms with Gasteiger partial charge in [0, 0.05) is 7.05 Å². The van der Waals surface area contributed by atoms with Crippen LogP contribution in [0.1, 0.15) is 27.7 Å². The molecule has 4 nitrogen and oxygen atoms in total. The lowest BCUT2D eigenvalue weighted by atomic mass is 10.4. The third-order valence-electron chi connectivity index (χ3n) is 1.24. The Bertz CT molecular complexity index is 158. The Balaban J connectivity index is 0. The number of amides is 2. The van der Waals surface area contributed by atoms with Crippen LogP contribution >= 0.6 is 0 Å². The highest BCUT2D eigenvalue weighted by atomic mass is 16.2. The number of hydrogen-bond acceptors (Lipinski definition) is 2. The summed E-state index contributed by atoms with van der Waals surface area (Å²) < 4.78 is 0. The molecule has 0 saturated carbocycles. The van der Waals surface area contributed by atoms with Crippen LogP contribution in [0.3, 0.4) is 0 Å². The first-order chi connectivity index (χ1) is 6.20. The maximum atomic E-state index is 10.7. The van der Waals surface area contributed by atoms with Gasteiger partial charge in [-0.05, 0) is 0 Å². The Morgan fingerprint density at radius 2 is 1.62 bits per heavy atom. The molecule has 2 amide bonds. The topological polar surface area (TPSA) is 49.4 Å². The van der Waals surface area contributed by atoms with Crippen LogP contribution in [0.4, 0.5) is 0 Å². The summed E-state index contributed by atoms with van der Waals surface area (Å²) in [6.07, 6.45) is 0. The lowest BCUT2D eigenvalue weighted by molar-refractivity contribution is -0.139. The highest BCUT2D eigenvalue weighted by molar-refractivity contribution is 5.92. The van der Waals surface area contributed by atoms with Crippen LogP contribution in [-0.4, -0.2) is 36.9 Å². The van der Waals surface area contributed by atoms with Gasteiger partial charge in [-0.1, -0.05) is 27.7 Å². The average molecular weight is 188 g/mol. The van der Waals surface area contributed by atoms with Crippen LogP contribution in [0.25, 0.3) is 0 Å². The van der Waals surface area contributed by atoms with Crippen molar-refractivity contribution in [1.29, 1.82) is 0 Å². The van der Waals surface area contributed by atoms with Gasteiger partial charge in [0.05, 0.1) is 13.1 Å². The van der Waals surface area contributed by atoms with Gasteiger partial charge < -0.3 is 10.2 Å². The monoisotopic (exact) mass is 188 g/mol. The largest absolute Gasteiger partial charge is 0.345 e. The van der Waals surface area contributed by atoms with Gasteiger partial charge in [0.25, 0.3) is 0 Å². The van der Waals surface area contributed by atoms with Crippen molar-refractivity contribution in [3.63, 3.8) is 0 Å². The third kappa shape index (κ3) is 6.13. The fourth-order valence-electron chi connectivity index (χ4n) is 0.669. The Kier molecular flexibility index (Phi) is 10.0. The van der Waals surface area contributed by atoms with Crippen molar-refractivity contribution in [1.82, 2.24) is 10.2 Å². The third-order valence-corrected chi connectivity index (χ3v) is 1.24. The van der Waals surface area contributed by atoms with Crippen LogP contribution < -0.4 is 5.32 Å². The molecular formula is C9H20N2O2. The summed E-state index contributed by atoms with van der Waals surface area (Å²) in [4.78, 5) is 22.6. The van der Waals surface area contributed by atoms with E-state index < -0.39 is 0 Å². The van der Waals surface area contributed by atoms with E-state index in [-0.39, 0.29) is 24.9 Å². The molecule has 78 valence electrons. The van der Waals surface area contributed by atoms with E-state index in [9.17, 15) is 9.59 Å². The number of nitrogens with zero attached hydrogens (tertiary/aromatic N) is 1. The average Bonchev–Trinajstić information content (AvgIpc) is 2.18. The molecule has 0 unspecified atom stereocenters. The first-order valence-corrected chi connectivity index (χ1v) is 4.71. The summed E-state index contributed by atoms with van der Waals surface area (Å²) in [6, 6.07) is 0. The predicted molar refractivity (Wildman–Crippen MR) is 53.3 cm³/mol. The molecule has 0 aliphatic carbocycles. The lowest BCUT2D eigenvalue weighted by Gasteiger charge is -2.21. The molecule has 1 aliphatic rings. The van der Waals surface area contributed by atoms with Gasteiger partial charge in [-0.2, -0.15) is 0 Å². The van der Waals surface area contributed by atoms with E-state index in [0.29, 0.717) is 0 Å². The second kappa shape index (κ2) is 9.03. The number of nitrogens with one attached hydrogen (secondary N) is 1. The zero-order chi connectivity index (χ0) is 10.9. The number of piperazine rings is 1. The normalized spacial score (nSPS) is 14.7. The van der Waals surface area contributed by atoms with Gasteiger partial charge in [-0.25, -0.2) is 0 Å². The zero-order valence-electron chi connectivity index (χ0n) is 9.18. The second-order valence-electron chi connectivity index (χ2n) is 2.03. The molecule has 0 radical (unpaired) electrons. The summed E-state index contributed by atoms with van der Waals surface area (Å²) in [5.74, 6) is -0.119. The predicted octanol–water partition coefficient (Wildman–Crippen LogP) is 0.627. The van der Waals surface area contributed by atoms with Gasteiger partial charge >= 0.3 is 0 Å². The van der Waals surface area contributed by atoms with E-state index in [1.54, 1.807) is 7.05 Å². The zero-order valence-corrected chi connectivity index (χ0v) is 9.18. The van der Waals surface area contributed by atoms with E-state index in [4.69, 9.17) is 0 Å². The van der Waals surface area contributed by atoms with Crippen molar-refractivity contribution in [2.45, 2.75) is 27.7 Å². The molecular weight excluding hydrogens is 168 g/mol. The first-order valence-electron chi connectivity index (χ1n) is 4.71. The molecule has 1 rings (SSSR count). The molecule has 1 heterocycles. The Morgan fingerprint density at radius 1 is 1.15 bits per heavy atom. The lowest BCUT2D eigenvalue weighted by Crippen LogP contribution is -2.49. The minimum absolute atomic E-state index is 0.0328. The van der Waals surface area contributed by atoms with Crippen molar-refractivity contribution in [3.8, 4) is 0 Å².